The molecule has 6 heteroatoms. The standard InChI is InChI=1S/C8H13N3O2S/c1-9-7-5-4-6-10-8(7)14(12,13)11(2)3/h4-6,9H,1-3H3. The Balaban J connectivity index is 3.32. The molecule has 0 radical (unpaired) electrons. The summed E-state index contributed by atoms with van der Waals surface area (Å²) in [6.07, 6.45) is 1.46. The van der Waals surface area contributed by atoms with E-state index in [9.17, 15) is 8.42 Å². The molecule has 0 atom stereocenters. The Kier molecular flexibility index (Phi) is 3.07. The lowest BCUT2D eigenvalue weighted by Crippen LogP contribution is -2.24. The lowest BCUT2D eigenvalue weighted by Gasteiger charge is -2.13. The molecule has 0 saturated heterocycles. The first-order valence-corrected chi connectivity index (χ1v) is 5.49. The van der Waals surface area contributed by atoms with E-state index in [1.807, 2.05) is 0 Å². The van der Waals surface area contributed by atoms with E-state index in [1.165, 1.54) is 20.3 Å². The van der Waals surface area contributed by atoms with Gasteiger partial charge in [0, 0.05) is 27.3 Å². The molecule has 0 aliphatic heterocycles. The SMILES string of the molecule is CNc1cccnc1S(=O)(=O)N(C)C. The molecule has 1 aromatic rings. The normalized spacial score (nSPS) is 11.7. The van der Waals surface area contributed by atoms with Crippen LogP contribution in [-0.2, 0) is 10.0 Å². The van der Waals surface area contributed by atoms with Crippen molar-refractivity contribution in [3.8, 4) is 0 Å². The predicted molar refractivity (Wildman–Crippen MR) is 54.7 cm³/mol. The van der Waals surface area contributed by atoms with Gasteiger partial charge in [0.15, 0.2) is 5.03 Å². The Hall–Kier alpha value is -1.14. The van der Waals surface area contributed by atoms with E-state index >= 15 is 0 Å². The topological polar surface area (TPSA) is 62.3 Å². The zero-order valence-electron chi connectivity index (χ0n) is 8.35. The fraction of sp³-hybridized carbons (Fsp3) is 0.375. The molecule has 0 bridgehead atoms. The number of pyridine rings is 1. The quantitative estimate of drug-likeness (QED) is 0.791. The molecule has 0 unspecified atom stereocenters. The summed E-state index contributed by atoms with van der Waals surface area (Å²) in [5.74, 6) is 0. The third kappa shape index (κ3) is 1.85. The first-order valence-electron chi connectivity index (χ1n) is 4.05. The highest BCUT2D eigenvalue weighted by atomic mass is 32.2. The molecule has 0 spiro atoms. The van der Waals surface area contributed by atoms with Gasteiger partial charge in [-0.1, -0.05) is 0 Å². The van der Waals surface area contributed by atoms with Crippen LogP contribution < -0.4 is 5.32 Å². The van der Waals surface area contributed by atoms with Crippen LogP contribution in [0, 0.1) is 0 Å². The van der Waals surface area contributed by atoms with Crippen LogP contribution in [-0.4, -0.2) is 38.9 Å². The minimum Gasteiger partial charge on any atom is -0.386 e. The number of hydrogen-bond donors (Lipinski definition) is 1. The van der Waals surface area contributed by atoms with Crippen molar-refractivity contribution in [2.45, 2.75) is 5.03 Å². The van der Waals surface area contributed by atoms with Crippen LogP contribution in [0.1, 0.15) is 0 Å². The zero-order valence-corrected chi connectivity index (χ0v) is 9.17. The highest BCUT2D eigenvalue weighted by Crippen LogP contribution is 2.19. The number of nitrogens with zero attached hydrogens (tertiary/aromatic N) is 2. The Morgan fingerprint density at radius 2 is 2.07 bits per heavy atom. The summed E-state index contributed by atoms with van der Waals surface area (Å²) in [6, 6.07) is 3.35. The Labute approximate surface area is 83.8 Å². The fourth-order valence-electron chi connectivity index (χ4n) is 0.960. The van der Waals surface area contributed by atoms with Crippen molar-refractivity contribution < 1.29 is 8.42 Å². The largest absolute Gasteiger partial charge is 0.386 e. The van der Waals surface area contributed by atoms with E-state index in [0.29, 0.717) is 5.69 Å². The van der Waals surface area contributed by atoms with E-state index < -0.39 is 10.0 Å². The molecule has 0 saturated carbocycles. The monoisotopic (exact) mass is 215 g/mol. The van der Waals surface area contributed by atoms with E-state index in [4.69, 9.17) is 0 Å². The molecule has 1 heterocycles. The second kappa shape index (κ2) is 3.93. The predicted octanol–water partition coefficient (Wildman–Crippen LogP) is 0.374. The van der Waals surface area contributed by atoms with Crippen molar-refractivity contribution >= 4 is 15.7 Å². The molecule has 0 aliphatic carbocycles. The molecular formula is C8H13N3O2S. The van der Waals surface area contributed by atoms with E-state index in [-0.39, 0.29) is 5.03 Å². The third-order valence-corrected chi connectivity index (χ3v) is 3.54. The Morgan fingerprint density at radius 1 is 1.43 bits per heavy atom. The van der Waals surface area contributed by atoms with Gasteiger partial charge >= 0.3 is 0 Å². The van der Waals surface area contributed by atoms with Crippen LogP contribution in [0.5, 0.6) is 0 Å². The Morgan fingerprint density at radius 3 is 2.57 bits per heavy atom. The van der Waals surface area contributed by atoms with Crippen molar-refractivity contribution in [2.75, 3.05) is 26.5 Å². The summed E-state index contributed by atoms with van der Waals surface area (Å²) in [4.78, 5) is 3.85. The first-order chi connectivity index (χ1) is 6.50. The minimum absolute atomic E-state index is 0.0486. The van der Waals surface area contributed by atoms with E-state index in [2.05, 4.69) is 10.3 Å². The van der Waals surface area contributed by atoms with Crippen molar-refractivity contribution in [3.63, 3.8) is 0 Å². The Bertz CT molecular complexity index is 414. The van der Waals surface area contributed by atoms with Gasteiger partial charge < -0.3 is 5.32 Å². The molecule has 1 rings (SSSR count). The number of hydrogen-bond acceptors (Lipinski definition) is 4. The van der Waals surface area contributed by atoms with Gasteiger partial charge in [0.25, 0.3) is 10.0 Å². The van der Waals surface area contributed by atoms with Crippen LogP contribution in [0.25, 0.3) is 0 Å². The molecule has 0 aromatic carbocycles. The van der Waals surface area contributed by atoms with Crippen LogP contribution >= 0.6 is 0 Å². The van der Waals surface area contributed by atoms with Gasteiger partial charge in [-0.15, -0.1) is 0 Å². The van der Waals surface area contributed by atoms with Gasteiger partial charge in [0.2, 0.25) is 0 Å². The summed E-state index contributed by atoms with van der Waals surface area (Å²) < 4.78 is 24.6. The number of anilines is 1. The maximum absolute atomic E-state index is 11.7. The van der Waals surface area contributed by atoms with Crippen LogP contribution in [0.4, 0.5) is 5.69 Å². The van der Waals surface area contributed by atoms with Crippen molar-refractivity contribution in [3.05, 3.63) is 18.3 Å². The maximum atomic E-state index is 11.7. The van der Waals surface area contributed by atoms with Gasteiger partial charge in [-0.3, -0.25) is 0 Å². The van der Waals surface area contributed by atoms with Crippen molar-refractivity contribution in [2.24, 2.45) is 0 Å². The third-order valence-electron chi connectivity index (χ3n) is 1.77. The molecule has 14 heavy (non-hydrogen) atoms. The summed E-state index contributed by atoms with van der Waals surface area (Å²) in [7, 11) is 1.15. The van der Waals surface area contributed by atoms with Crippen LogP contribution in [0.3, 0.4) is 0 Å². The molecule has 0 amide bonds. The molecule has 0 aliphatic rings. The van der Waals surface area contributed by atoms with Crippen LogP contribution in [0.2, 0.25) is 0 Å². The van der Waals surface area contributed by atoms with E-state index in [0.717, 1.165) is 4.31 Å². The number of rotatable bonds is 3. The highest BCUT2D eigenvalue weighted by molar-refractivity contribution is 7.89. The molecule has 5 nitrogen and oxygen atoms in total. The smallest absolute Gasteiger partial charge is 0.262 e. The molecule has 1 N–H and O–H groups in total. The fourth-order valence-corrected chi connectivity index (χ4v) is 1.95. The summed E-state index contributed by atoms with van der Waals surface area (Å²) in [6.45, 7) is 0. The second-order valence-corrected chi connectivity index (χ2v) is 4.96. The van der Waals surface area contributed by atoms with Crippen LogP contribution in [0.15, 0.2) is 23.4 Å². The zero-order chi connectivity index (χ0) is 10.8. The molecule has 0 fully saturated rings. The van der Waals surface area contributed by atoms with Gasteiger partial charge in [0.05, 0.1) is 5.69 Å². The first kappa shape index (κ1) is 10.9. The summed E-state index contributed by atoms with van der Waals surface area (Å²) in [5, 5.41) is 2.84. The molecule has 78 valence electrons. The summed E-state index contributed by atoms with van der Waals surface area (Å²) >= 11 is 0. The van der Waals surface area contributed by atoms with Gasteiger partial charge in [-0.2, -0.15) is 0 Å². The van der Waals surface area contributed by atoms with E-state index in [1.54, 1.807) is 19.2 Å². The van der Waals surface area contributed by atoms with Gasteiger partial charge in [0.1, 0.15) is 0 Å². The van der Waals surface area contributed by atoms with Crippen molar-refractivity contribution in [1.29, 1.82) is 0 Å². The second-order valence-electron chi connectivity index (χ2n) is 2.89. The number of nitrogens with one attached hydrogen (secondary N) is 1. The molecular weight excluding hydrogens is 202 g/mol. The minimum atomic E-state index is -3.46. The average Bonchev–Trinajstić information content (AvgIpc) is 2.17. The number of aromatic nitrogens is 1. The molecule has 1 aromatic heterocycles. The lowest BCUT2D eigenvalue weighted by atomic mass is 10.4. The lowest BCUT2D eigenvalue weighted by molar-refractivity contribution is 0.517. The number of sulfonamides is 1. The summed E-state index contributed by atoms with van der Waals surface area (Å²) in [5.41, 5.74) is 0.501. The average molecular weight is 215 g/mol. The highest BCUT2D eigenvalue weighted by Gasteiger charge is 2.21. The maximum Gasteiger partial charge on any atom is 0.262 e. The van der Waals surface area contributed by atoms with Gasteiger partial charge in [-0.25, -0.2) is 17.7 Å². The van der Waals surface area contributed by atoms with Gasteiger partial charge in [-0.05, 0) is 12.1 Å². The van der Waals surface area contributed by atoms with Crippen molar-refractivity contribution in [1.82, 2.24) is 9.29 Å².